The Kier molecular flexibility index (Phi) is 4.37. The third kappa shape index (κ3) is 3.32. The number of aromatic nitrogens is 4. The van der Waals surface area contributed by atoms with Gasteiger partial charge in [-0.15, -0.1) is 5.10 Å². The molecule has 2 aromatic rings. The van der Waals surface area contributed by atoms with Crippen LogP contribution in [0.25, 0.3) is 0 Å². The first kappa shape index (κ1) is 16.2. The Labute approximate surface area is 141 Å². The van der Waals surface area contributed by atoms with E-state index in [1.807, 2.05) is 55.7 Å². The molecule has 0 spiro atoms. The Morgan fingerprint density at radius 3 is 2.79 bits per heavy atom. The summed E-state index contributed by atoms with van der Waals surface area (Å²) in [6, 6.07) is 5.67. The largest absolute Gasteiger partial charge is 0.377 e. The molecule has 0 radical (unpaired) electrons. The van der Waals surface area contributed by atoms with Crippen LogP contribution in [0, 0.1) is 6.92 Å². The van der Waals surface area contributed by atoms with Crippen molar-refractivity contribution in [3.63, 3.8) is 0 Å². The van der Waals surface area contributed by atoms with Gasteiger partial charge in [-0.05, 0) is 54.8 Å². The molecule has 1 heterocycles. The molecule has 24 heavy (non-hydrogen) atoms. The van der Waals surface area contributed by atoms with Gasteiger partial charge in [0.05, 0.1) is 12.1 Å². The van der Waals surface area contributed by atoms with Crippen LogP contribution in [0.3, 0.4) is 0 Å². The zero-order valence-electron chi connectivity index (χ0n) is 14.4. The normalized spacial score (nSPS) is 15.0. The molecule has 0 bridgehead atoms. The minimum atomic E-state index is -0.271. The predicted molar refractivity (Wildman–Crippen MR) is 92.2 cm³/mol. The van der Waals surface area contributed by atoms with Crippen LogP contribution >= 0.6 is 0 Å². The van der Waals surface area contributed by atoms with Gasteiger partial charge in [-0.25, -0.2) is 9.48 Å². The quantitative estimate of drug-likeness (QED) is 0.878. The van der Waals surface area contributed by atoms with Crippen molar-refractivity contribution in [2.45, 2.75) is 38.8 Å². The molecule has 1 aliphatic rings. The van der Waals surface area contributed by atoms with Crippen molar-refractivity contribution in [3.05, 3.63) is 29.6 Å². The Morgan fingerprint density at radius 1 is 1.38 bits per heavy atom. The van der Waals surface area contributed by atoms with Gasteiger partial charge in [0.1, 0.15) is 0 Å². The molecule has 8 nitrogen and oxygen atoms in total. The highest BCUT2D eigenvalue weighted by Gasteiger charge is 2.29. The summed E-state index contributed by atoms with van der Waals surface area (Å²) in [7, 11) is 3.96. The van der Waals surface area contributed by atoms with Crippen molar-refractivity contribution in [3.8, 4) is 0 Å². The van der Waals surface area contributed by atoms with Crippen LogP contribution in [0.1, 0.15) is 43.2 Å². The second kappa shape index (κ2) is 6.46. The molecule has 2 amide bonds. The van der Waals surface area contributed by atoms with Crippen LogP contribution in [-0.2, 0) is 0 Å². The fourth-order valence-corrected chi connectivity index (χ4v) is 2.73. The number of rotatable bonds is 5. The first-order valence-electron chi connectivity index (χ1n) is 8.09. The van der Waals surface area contributed by atoms with E-state index in [-0.39, 0.29) is 12.1 Å². The Balaban J connectivity index is 1.67. The number of hydrogen-bond donors (Lipinski definition) is 2. The second-order valence-electron chi connectivity index (χ2n) is 6.38. The minimum Gasteiger partial charge on any atom is -0.377 e. The van der Waals surface area contributed by atoms with E-state index in [1.54, 1.807) is 0 Å². The maximum atomic E-state index is 12.3. The van der Waals surface area contributed by atoms with Crippen LogP contribution in [0.5, 0.6) is 0 Å². The molecule has 0 unspecified atom stereocenters. The van der Waals surface area contributed by atoms with Crippen molar-refractivity contribution in [2.24, 2.45) is 0 Å². The summed E-state index contributed by atoms with van der Waals surface area (Å²) >= 11 is 0. The summed E-state index contributed by atoms with van der Waals surface area (Å²) in [6.07, 6.45) is 2.18. The Morgan fingerprint density at radius 2 is 2.12 bits per heavy atom. The molecule has 2 N–H and O–H groups in total. The topological polar surface area (TPSA) is 88.0 Å². The standard InChI is InChI=1S/C16H23N7O/c1-10-13(6-5-7-14(10)22(3)4)18-16(24)17-11(2)15-19-20-21-23(15)12-8-9-12/h5-7,11-12H,8-9H2,1-4H3,(H2,17,18,24)/t11-/m1/s1. The van der Waals surface area contributed by atoms with Gasteiger partial charge in [0.15, 0.2) is 5.82 Å². The molecule has 128 valence electrons. The minimum absolute atomic E-state index is 0.266. The molecule has 0 aliphatic heterocycles. The summed E-state index contributed by atoms with van der Waals surface area (Å²) in [5.74, 6) is 0.686. The summed E-state index contributed by atoms with van der Waals surface area (Å²) < 4.78 is 1.81. The third-order valence-corrected chi connectivity index (χ3v) is 4.18. The second-order valence-corrected chi connectivity index (χ2v) is 6.38. The number of carbonyl (C=O) groups is 1. The van der Waals surface area contributed by atoms with Gasteiger partial charge >= 0.3 is 6.03 Å². The lowest BCUT2D eigenvalue weighted by Gasteiger charge is -2.19. The van der Waals surface area contributed by atoms with E-state index in [0.29, 0.717) is 11.9 Å². The first-order chi connectivity index (χ1) is 11.5. The van der Waals surface area contributed by atoms with Crippen LogP contribution in [-0.4, -0.2) is 40.3 Å². The molecule has 1 aliphatic carbocycles. The lowest BCUT2D eigenvalue weighted by Crippen LogP contribution is -2.33. The fraction of sp³-hybridized carbons (Fsp3) is 0.500. The van der Waals surface area contributed by atoms with Crippen LogP contribution in [0.4, 0.5) is 16.2 Å². The van der Waals surface area contributed by atoms with Crippen LogP contribution in [0.15, 0.2) is 18.2 Å². The molecular weight excluding hydrogens is 306 g/mol. The molecule has 3 rings (SSSR count). The van der Waals surface area contributed by atoms with Crippen molar-refractivity contribution in [1.29, 1.82) is 0 Å². The number of urea groups is 1. The predicted octanol–water partition coefficient (Wildman–Crippen LogP) is 2.27. The maximum absolute atomic E-state index is 12.3. The molecule has 1 fully saturated rings. The van der Waals surface area contributed by atoms with E-state index in [2.05, 4.69) is 26.2 Å². The molecule has 1 atom stereocenters. The fourth-order valence-electron chi connectivity index (χ4n) is 2.73. The molecule has 0 saturated heterocycles. The summed E-state index contributed by atoms with van der Waals surface area (Å²) in [5.41, 5.74) is 2.87. The highest BCUT2D eigenvalue weighted by Crippen LogP contribution is 2.35. The molecule has 1 aromatic heterocycles. The number of hydrogen-bond acceptors (Lipinski definition) is 5. The average Bonchev–Trinajstić information content (AvgIpc) is 3.25. The van der Waals surface area contributed by atoms with Crippen LogP contribution in [0.2, 0.25) is 0 Å². The molecule has 8 heteroatoms. The number of carbonyl (C=O) groups excluding carboxylic acids is 1. The number of amides is 2. The number of nitrogens with zero attached hydrogens (tertiary/aromatic N) is 5. The van der Waals surface area contributed by atoms with Crippen molar-refractivity contribution in [2.75, 3.05) is 24.3 Å². The average molecular weight is 329 g/mol. The van der Waals surface area contributed by atoms with Gasteiger partial charge in [0, 0.05) is 25.5 Å². The Hall–Kier alpha value is -2.64. The molecule has 1 saturated carbocycles. The first-order valence-corrected chi connectivity index (χ1v) is 8.09. The lowest BCUT2D eigenvalue weighted by atomic mass is 10.1. The number of nitrogens with one attached hydrogen (secondary N) is 2. The van der Waals surface area contributed by atoms with E-state index >= 15 is 0 Å². The van der Waals surface area contributed by atoms with Crippen molar-refractivity contribution >= 4 is 17.4 Å². The SMILES string of the molecule is Cc1c(NC(=O)N[C@H](C)c2nnnn2C2CC2)cccc1N(C)C. The summed E-state index contributed by atoms with van der Waals surface area (Å²) in [4.78, 5) is 14.4. The highest BCUT2D eigenvalue weighted by atomic mass is 16.2. The van der Waals surface area contributed by atoms with Gasteiger partial charge in [-0.3, -0.25) is 0 Å². The number of tetrazole rings is 1. The zero-order chi connectivity index (χ0) is 17.3. The van der Waals surface area contributed by atoms with E-state index in [1.165, 1.54) is 0 Å². The van der Waals surface area contributed by atoms with Gasteiger partial charge in [0.25, 0.3) is 0 Å². The maximum Gasteiger partial charge on any atom is 0.319 e. The van der Waals surface area contributed by atoms with Gasteiger partial charge in [-0.2, -0.15) is 0 Å². The van der Waals surface area contributed by atoms with Gasteiger partial charge in [-0.1, -0.05) is 6.07 Å². The molecule has 1 aromatic carbocycles. The highest BCUT2D eigenvalue weighted by molar-refractivity contribution is 5.91. The lowest BCUT2D eigenvalue weighted by molar-refractivity contribution is 0.248. The van der Waals surface area contributed by atoms with Gasteiger partial charge < -0.3 is 15.5 Å². The summed E-state index contributed by atoms with van der Waals surface area (Å²) in [6.45, 7) is 3.87. The molecular formula is C16H23N7O. The van der Waals surface area contributed by atoms with E-state index in [4.69, 9.17) is 0 Å². The van der Waals surface area contributed by atoms with Crippen molar-refractivity contribution < 1.29 is 4.79 Å². The van der Waals surface area contributed by atoms with E-state index in [0.717, 1.165) is 29.8 Å². The summed E-state index contributed by atoms with van der Waals surface area (Å²) in [5, 5.41) is 17.6. The van der Waals surface area contributed by atoms with Crippen LogP contribution < -0.4 is 15.5 Å². The Bertz CT molecular complexity index is 736. The number of benzene rings is 1. The third-order valence-electron chi connectivity index (χ3n) is 4.18. The smallest absolute Gasteiger partial charge is 0.319 e. The van der Waals surface area contributed by atoms with E-state index < -0.39 is 0 Å². The van der Waals surface area contributed by atoms with E-state index in [9.17, 15) is 4.79 Å². The number of anilines is 2. The van der Waals surface area contributed by atoms with Crippen molar-refractivity contribution in [1.82, 2.24) is 25.5 Å². The monoisotopic (exact) mass is 329 g/mol. The van der Waals surface area contributed by atoms with Gasteiger partial charge in [0.2, 0.25) is 0 Å². The zero-order valence-corrected chi connectivity index (χ0v) is 14.4.